The molecule has 0 aliphatic carbocycles. The second kappa shape index (κ2) is 11.8. The molecule has 0 rings (SSSR count). The van der Waals surface area contributed by atoms with Gasteiger partial charge in [-0.2, -0.15) is 0 Å². The van der Waals surface area contributed by atoms with Gasteiger partial charge in [-0.15, -0.1) is 12.4 Å². The van der Waals surface area contributed by atoms with Gasteiger partial charge in [-0.3, -0.25) is 4.79 Å². The highest BCUT2D eigenvalue weighted by Gasteiger charge is 2.00. The van der Waals surface area contributed by atoms with Crippen molar-refractivity contribution in [3.8, 4) is 0 Å². The van der Waals surface area contributed by atoms with Gasteiger partial charge in [-0.05, 0) is 26.7 Å². The number of hydrogen-bond acceptors (Lipinski definition) is 3. The molecule has 1 atom stereocenters. The number of carbonyl (C=O) groups is 1. The second-order valence-corrected chi connectivity index (χ2v) is 3.42. The minimum absolute atomic E-state index is 0. The van der Waals surface area contributed by atoms with Crippen molar-refractivity contribution in [1.82, 2.24) is 5.32 Å². The molecule has 4 nitrogen and oxygen atoms in total. The number of nitrogens with one attached hydrogen (secondary N) is 1. The van der Waals surface area contributed by atoms with Crippen LogP contribution in [0.4, 0.5) is 0 Å². The van der Waals surface area contributed by atoms with Gasteiger partial charge in [0.1, 0.15) is 0 Å². The molecule has 0 aliphatic rings. The highest BCUT2D eigenvalue weighted by Crippen LogP contribution is 1.91. The van der Waals surface area contributed by atoms with Gasteiger partial charge in [0.2, 0.25) is 5.91 Å². The zero-order valence-electron chi connectivity index (χ0n) is 9.62. The largest absolute Gasteiger partial charge is 0.382 e. The van der Waals surface area contributed by atoms with Crippen LogP contribution < -0.4 is 11.1 Å². The van der Waals surface area contributed by atoms with Crippen LogP contribution in [-0.2, 0) is 9.53 Å². The summed E-state index contributed by atoms with van der Waals surface area (Å²) in [5, 5.41) is 2.82. The summed E-state index contributed by atoms with van der Waals surface area (Å²) in [4.78, 5) is 11.2. The highest BCUT2D eigenvalue weighted by atomic mass is 35.5. The van der Waals surface area contributed by atoms with E-state index in [0.717, 1.165) is 12.8 Å². The Balaban J connectivity index is 0. The molecule has 1 unspecified atom stereocenters. The Morgan fingerprint density at radius 3 is 2.73 bits per heavy atom. The van der Waals surface area contributed by atoms with E-state index in [-0.39, 0.29) is 24.4 Å². The normalized spacial score (nSPS) is 11.7. The molecule has 0 bridgehead atoms. The lowest BCUT2D eigenvalue weighted by atomic mass is 10.2. The van der Waals surface area contributed by atoms with E-state index in [4.69, 9.17) is 10.5 Å². The van der Waals surface area contributed by atoms with Crippen molar-refractivity contribution in [2.45, 2.75) is 39.2 Å². The standard InChI is InChI=1S/C10H22N2O2.ClH/c1-3-14-8-4-5-10(13)12-7-6-9(2)11;/h9H,3-8,11H2,1-2H3,(H,12,13);1H. The molecule has 0 aromatic rings. The quantitative estimate of drug-likeness (QED) is 0.622. The van der Waals surface area contributed by atoms with E-state index in [2.05, 4.69) is 5.32 Å². The molecule has 0 radical (unpaired) electrons. The van der Waals surface area contributed by atoms with Crippen LogP contribution in [0.5, 0.6) is 0 Å². The molecular weight excluding hydrogens is 216 g/mol. The first-order valence-corrected chi connectivity index (χ1v) is 5.26. The van der Waals surface area contributed by atoms with Gasteiger partial charge in [-0.25, -0.2) is 0 Å². The Morgan fingerprint density at radius 1 is 1.53 bits per heavy atom. The lowest BCUT2D eigenvalue weighted by Crippen LogP contribution is -2.28. The summed E-state index contributed by atoms with van der Waals surface area (Å²) in [6.07, 6.45) is 2.16. The number of nitrogens with two attached hydrogens (primary N) is 1. The number of halogens is 1. The summed E-state index contributed by atoms with van der Waals surface area (Å²) in [5.74, 6) is 0.0883. The summed E-state index contributed by atoms with van der Waals surface area (Å²) < 4.78 is 5.13. The van der Waals surface area contributed by atoms with Gasteiger partial charge in [-0.1, -0.05) is 0 Å². The van der Waals surface area contributed by atoms with Crippen LogP contribution in [0.15, 0.2) is 0 Å². The van der Waals surface area contributed by atoms with Crippen molar-refractivity contribution in [3.05, 3.63) is 0 Å². The smallest absolute Gasteiger partial charge is 0.220 e. The highest BCUT2D eigenvalue weighted by molar-refractivity contribution is 5.85. The van der Waals surface area contributed by atoms with Gasteiger partial charge in [0.15, 0.2) is 0 Å². The van der Waals surface area contributed by atoms with Crippen LogP contribution in [0.1, 0.15) is 33.1 Å². The van der Waals surface area contributed by atoms with Crippen molar-refractivity contribution in [2.75, 3.05) is 19.8 Å². The van der Waals surface area contributed by atoms with Crippen LogP contribution in [0.25, 0.3) is 0 Å². The molecule has 0 aliphatic heterocycles. The minimum Gasteiger partial charge on any atom is -0.382 e. The number of carbonyl (C=O) groups excluding carboxylic acids is 1. The fourth-order valence-electron chi connectivity index (χ4n) is 1.01. The van der Waals surface area contributed by atoms with E-state index in [1.807, 2.05) is 13.8 Å². The monoisotopic (exact) mass is 238 g/mol. The predicted molar refractivity (Wildman–Crippen MR) is 64.3 cm³/mol. The SMILES string of the molecule is CCOCCCC(=O)NCCC(C)N.Cl. The molecule has 5 heteroatoms. The number of hydrogen-bond donors (Lipinski definition) is 2. The zero-order valence-corrected chi connectivity index (χ0v) is 10.4. The van der Waals surface area contributed by atoms with Crippen LogP contribution in [0.3, 0.4) is 0 Å². The topological polar surface area (TPSA) is 64.3 Å². The first-order valence-electron chi connectivity index (χ1n) is 5.26. The molecule has 0 fully saturated rings. The molecule has 0 saturated heterocycles. The van der Waals surface area contributed by atoms with Gasteiger partial charge in [0.25, 0.3) is 0 Å². The first kappa shape index (κ1) is 17.1. The molecule has 1 amide bonds. The number of ether oxygens (including phenoxy) is 1. The Hall–Kier alpha value is -0.320. The van der Waals surface area contributed by atoms with Crippen molar-refractivity contribution >= 4 is 18.3 Å². The average Bonchev–Trinajstić information content (AvgIpc) is 2.12. The first-order chi connectivity index (χ1) is 6.66. The molecule has 0 aromatic carbocycles. The predicted octanol–water partition coefficient (Wildman–Crippen LogP) is 1.08. The molecule has 15 heavy (non-hydrogen) atoms. The summed E-state index contributed by atoms with van der Waals surface area (Å²) in [5.41, 5.74) is 5.55. The minimum atomic E-state index is 0. The van der Waals surface area contributed by atoms with Gasteiger partial charge >= 0.3 is 0 Å². The summed E-state index contributed by atoms with van der Waals surface area (Å²) >= 11 is 0. The average molecular weight is 239 g/mol. The second-order valence-electron chi connectivity index (χ2n) is 3.42. The molecule has 3 N–H and O–H groups in total. The van der Waals surface area contributed by atoms with E-state index in [1.54, 1.807) is 0 Å². The third kappa shape index (κ3) is 13.7. The van der Waals surface area contributed by atoms with E-state index >= 15 is 0 Å². The molecular formula is C10H23ClN2O2. The van der Waals surface area contributed by atoms with Crippen LogP contribution in [-0.4, -0.2) is 31.7 Å². The summed E-state index contributed by atoms with van der Waals surface area (Å²) in [6.45, 7) is 5.93. The Kier molecular flexibility index (Phi) is 13.4. The van der Waals surface area contributed by atoms with Crippen LogP contribution >= 0.6 is 12.4 Å². The van der Waals surface area contributed by atoms with Crippen molar-refractivity contribution in [3.63, 3.8) is 0 Å². The third-order valence-electron chi connectivity index (χ3n) is 1.82. The van der Waals surface area contributed by atoms with Crippen LogP contribution in [0.2, 0.25) is 0 Å². The fourth-order valence-corrected chi connectivity index (χ4v) is 1.01. The molecule has 0 spiro atoms. The number of rotatable bonds is 8. The van der Waals surface area contributed by atoms with Crippen molar-refractivity contribution < 1.29 is 9.53 Å². The summed E-state index contributed by atoms with van der Waals surface area (Å²) in [7, 11) is 0. The van der Waals surface area contributed by atoms with Gasteiger partial charge < -0.3 is 15.8 Å². The summed E-state index contributed by atoms with van der Waals surface area (Å²) in [6, 6.07) is 0.152. The van der Waals surface area contributed by atoms with E-state index in [0.29, 0.717) is 26.2 Å². The molecule has 0 heterocycles. The van der Waals surface area contributed by atoms with E-state index in [9.17, 15) is 4.79 Å². The molecule has 92 valence electrons. The van der Waals surface area contributed by atoms with Crippen molar-refractivity contribution in [2.24, 2.45) is 5.73 Å². The lowest BCUT2D eigenvalue weighted by molar-refractivity contribution is -0.121. The van der Waals surface area contributed by atoms with Gasteiger partial charge in [0.05, 0.1) is 0 Å². The van der Waals surface area contributed by atoms with Crippen molar-refractivity contribution in [1.29, 1.82) is 0 Å². The zero-order chi connectivity index (χ0) is 10.8. The maximum atomic E-state index is 11.2. The van der Waals surface area contributed by atoms with E-state index < -0.39 is 0 Å². The fraction of sp³-hybridized carbons (Fsp3) is 0.900. The number of amides is 1. The lowest BCUT2D eigenvalue weighted by Gasteiger charge is -2.07. The Bertz CT molecular complexity index is 154. The van der Waals surface area contributed by atoms with E-state index in [1.165, 1.54) is 0 Å². The molecule has 0 saturated carbocycles. The Morgan fingerprint density at radius 2 is 2.20 bits per heavy atom. The van der Waals surface area contributed by atoms with Gasteiger partial charge in [0, 0.05) is 32.2 Å². The maximum absolute atomic E-state index is 11.2. The maximum Gasteiger partial charge on any atom is 0.220 e. The third-order valence-corrected chi connectivity index (χ3v) is 1.82. The molecule has 0 aromatic heterocycles. The van der Waals surface area contributed by atoms with Crippen LogP contribution in [0, 0.1) is 0 Å². The Labute approximate surface area is 98.3 Å².